The van der Waals surface area contributed by atoms with E-state index in [1.54, 1.807) is 36.2 Å². The number of aromatic nitrogens is 5. The normalized spacial score (nSPS) is 11.3. The van der Waals surface area contributed by atoms with Crippen LogP contribution in [-0.4, -0.2) is 56.2 Å². The predicted molar refractivity (Wildman–Crippen MR) is 149 cm³/mol. The summed E-state index contributed by atoms with van der Waals surface area (Å²) in [5, 5.41) is 10.5. The molecule has 3 heterocycles. The average Bonchev–Trinajstić information content (AvgIpc) is 3.23. The summed E-state index contributed by atoms with van der Waals surface area (Å²) in [6.07, 6.45) is 3.38. The lowest BCUT2D eigenvalue weighted by atomic mass is 10.1. The third-order valence-electron chi connectivity index (χ3n) is 5.49. The Bertz CT molecular complexity index is 1370. The molecule has 0 saturated heterocycles. The molecule has 38 heavy (non-hydrogen) atoms. The molecule has 0 aliphatic carbocycles. The van der Waals surface area contributed by atoms with E-state index in [1.807, 2.05) is 52.1 Å². The van der Waals surface area contributed by atoms with E-state index in [2.05, 4.69) is 46.7 Å². The Labute approximate surface area is 221 Å². The minimum absolute atomic E-state index is 0.228. The van der Waals surface area contributed by atoms with Crippen LogP contribution in [0.5, 0.6) is 0 Å². The second kappa shape index (κ2) is 11.7. The number of anilines is 4. The highest BCUT2D eigenvalue weighted by atomic mass is 16.5. The van der Waals surface area contributed by atoms with E-state index in [0.29, 0.717) is 48.8 Å². The number of amides is 1. The molecule has 0 atom stereocenters. The lowest BCUT2D eigenvalue weighted by molar-refractivity contribution is 0.0955. The van der Waals surface area contributed by atoms with Crippen molar-refractivity contribution in [1.82, 2.24) is 29.9 Å². The van der Waals surface area contributed by atoms with E-state index in [0.717, 1.165) is 16.6 Å². The highest BCUT2D eigenvalue weighted by Crippen LogP contribution is 2.26. The van der Waals surface area contributed by atoms with Crippen molar-refractivity contribution in [1.29, 1.82) is 0 Å². The van der Waals surface area contributed by atoms with Crippen LogP contribution in [0.15, 0.2) is 48.8 Å². The lowest BCUT2D eigenvalue weighted by Crippen LogP contribution is -2.30. The van der Waals surface area contributed by atoms with E-state index in [-0.39, 0.29) is 11.4 Å². The van der Waals surface area contributed by atoms with Crippen LogP contribution in [0.2, 0.25) is 0 Å². The number of nitrogens with one attached hydrogen (secondary N) is 5. The predicted octanol–water partition coefficient (Wildman–Crippen LogP) is 3.40. The standard InChI is InChI=1S/C26H34N10O2/c1-26(2,3)33-25-31-21(27-13-14-38-5)19-15-20(36(4)22(19)32-25)23(37)35-34-18-9-7-17(8-10-18)16-30-24-28-11-6-12-29-24/h6-12,15,34H,13-14,16H2,1-5H3,(H,35,37)(H,28,29,30)(H2,27,31,32,33). The second-order valence-corrected chi connectivity index (χ2v) is 9.72. The summed E-state index contributed by atoms with van der Waals surface area (Å²) in [6.45, 7) is 7.78. The van der Waals surface area contributed by atoms with Crippen LogP contribution in [-0.2, 0) is 18.3 Å². The first-order valence-corrected chi connectivity index (χ1v) is 12.3. The zero-order chi connectivity index (χ0) is 27.1. The number of rotatable bonds is 11. The van der Waals surface area contributed by atoms with Crippen molar-refractivity contribution in [2.75, 3.05) is 41.6 Å². The fourth-order valence-corrected chi connectivity index (χ4v) is 3.68. The summed E-state index contributed by atoms with van der Waals surface area (Å²) >= 11 is 0. The molecular weight excluding hydrogens is 484 g/mol. The van der Waals surface area contributed by atoms with Crippen molar-refractivity contribution in [3.05, 3.63) is 60.0 Å². The van der Waals surface area contributed by atoms with Crippen LogP contribution >= 0.6 is 0 Å². The van der Waals surface area contributed by atoms with E-state index >= 15 is 0 Å². The number of benzene rings is 1. The Morgan fingerprint density at radius 1 is 1.03 bits per heavy atom. The molecule has 0 unspecified atom stereocenters. The minimum atomic E-state index is -0.300. The van der Waals surface area contributed by atoms with Crippen LogP contribution < -0.4 is 26.8 Å². The molecule has 200 valence electrons. The second-order valence-electron chi connectivity index (χ2n) is 9.72. The summed E-state index contributed by atoms with van der Waals surface area (Å²) in [5.41, 5.74) is 8.39. The van der Waals surface area contributed by atoms with Crippen molar-refractivity contribution in [3.63, 3.8) is 0 Å². The summed E-state index contributed by atoms with van der Waals surface area (Å²) in [7, 11) is 3.45. The molecule has 0 spiro atoms. The van der Waals surface area contributed by atoms with E-state index in [9.17, 15) is 4.79 Å². The van der Waals surface area contributed by atoms with Gasteiger partial charge in [0.15, 0.2) is 0 Å². The number of ether oxygens (including phenoxy) is 1. The van der Waals surface area contributed by atoms with Crippen molar-refractivity contribution < 1.29 is 9.53 Å². The number of carbonyl (C=O) groups is 1. The monoisotopic (exact) mass is 518 g/mol. The Kier molecular flexibility index (Phi) is 8.22. The van der Waals surface area contributed by atoms with Gasteiger partial charge in [-0.15, -0.1) is 0 Å². The van der Waals surface area contributed by atoms with Gasteiger partial charge in [-0.1, -0.05) is 12.1 Å². The number of nitrogens with zero attached hydrogens (tertiary/aromatic N) is 5. The van der Waals surface area contributed by atoms with Crippen molar-refractivity contribution in [2.45, 2.75) is 32.9 Å². The van der Waals surface area contributed by atoms with Crippen LogP contribution in [0.4, 0.5) is 23.4 Å². The molecule has 12 nitrogen and oxygen atoms in total. The third kappa shape index (κ3) is 6.85. The topological polar surface area (TPSA) is 143 Å². The first-order valence-electron chi connectivity index (χ1n) is 12.3. The Morgan fingerprint density at radius 3 is 2.45 bits per heavy atom. The van der Waals surface area contributed by atoms with Crippen LogP contribution in [0.1, 0.15) is 36.8 Å². The summed E-state index contributed by atoms with van der Waals surface area (Å²) < 4.78 is 6.91. The van der Waals surface area contributed by atoms with Crippen molar-refractivity contribution in [3.8, 4) is 0 Å². The lowest BCUT2D eigenvalue weighted by Gasteiger charge is -2.21. The maximum atomic E-state index is 13.1. The molecule has 4 aromatic rings. The van der Waals surface area contributed by atoms with Gasteiger partial charge >= 0.3 is 0 Å². The SMILES string of the molecule is COCCNc1nc(NC(C)(C)C)nc2c1cc(C(=O)NNc1ccc(CNc3ncccn3)cc1)n2C. The highest BCUT2D eigenvalue weighted by Gasteiger charge is 2.20. The molecule has 0 aliphatic rings. The third-order valence-corrected chi connectivity index (χ3v) is 5.49. The van der Waals surface area contributed by atoms with Gasteiger partial charge in [-0.25, -0.2) is 9.97 Å². The zero-order valence-electron chi connectivity index (χ0n) is 22.3. The number of hydrogen-bond acceptors (Lipinski definition) is 10. The molecule has 0 saturated carbocycles. The van der Waals surface area contributed by atoms with Gasteiger partial charge < -0.3 is 25.3 Å². The molecule has 5 N–H and O–H groups in total. The van der Waals surface area contributed by atoms with E-state index in [4.69, 9.17) is 4.74 Å². The number of carbonyl (C=O) groups excluding carboxylic acids is 1. The fourth-order valence-electron chi connectivity index (χ4n) is 3.68. The number of hydrogen-bond donors (Lipinski definition) is 5. The zero-order valence-corrected chi connectivity index (χ0v) is 22.3. The first-order chi connectivity index (χ1) is 18.2. The maximum absolute atomic E-state index is 13.1. The first kappa shape index (κ1) is 26.6. The van der Waals surface area contributed by atoms with Gasteiger partial charge in [0, 0.05) is 45.2 Å². The fraction of sp³-hybridized carbons (Fsp3) is 0.346. The van der Waals surface area contributed by atoms with Crippen molar-refractivity contribution in [2.24, 2.45) is 7.05 Å². The van der Waals surface area contributed by atoms with Gasteiger partial charge in [0.25, 0.3) is 5.91 Å². The largest absolute Gasteiger partial charge is 0.383 e. The number of methoxy groups -OCH3 is 1. The Hall–Kier alpha value is -4.45. The minimum Gasteiger partial charge on any atom is -0.383 e. The van der Waals surface area contributed by atoms with Gasteiger partial charge in [0.1, 0.15) is 17.2 Å². The molecule has 0 aliphatic heterocycles. The molecule has 12 heteroatoms. The summed E-state index contributed by atoms with van der Waals surface area (Å²) in [5.74, 6) is 1.38. The molecule has 3 aromatic heterocycles. The van der Waals surface area contributed by atoms with Gasteiger partial charge in [-0.3, -0.25) is 15.6 Å². The maximum Gasteiger partial charge on any atom is 0.286 e. The van der Waals surface area contributed by atoms with E-state index in [1.165, 1.54) is 0 Å². The number of aryl methyl sites for hydroxylation is 1. The van der Waals surface area contributed by atoms with Gasteiger partial charge in [0.2, 0.25) is 11.9 Å². The molecule has 0 fully saturated rings. The van der Waals surface area contributed by atoms with Crippen LogP contribution in [0, 0.1) is 0 Å². The smallest absolute Gasteiger partial charge is 0.286 e. The quantitative estimate of drug-likeness (QED) is 0.148. The molecule has 0 radical (unpaired) electrons. The van der Waals surface area contributed by atoms with Gasteiger partial charge in [-0.05, 0) is 50.6 Å². The average molecular weight is 519 g/mol. The Morgan fingerprint density at radius 2 is 1.76 bits per heavy atom. The molecule has 1 amide bonds. The number of hydrazine groups is 1. The Balaban J connectivity index is 1.46. The molecule has 1 aromatic carbocycles. The van der Waals surface area contributed by atoms with Gasteiger partial charge in [-0.2, -0.15) is 9.97 Å². The number of fused-ring (bicyclic) bond motifs is 1. The van der Waals surface area contributed by atoms with Gasteiger partial charge in [0.05, 0.1) is 17.7 Å². The van der Waals surface area contributed by atoms with E-state index < -0.39 is 0 Å². The van der Waals surface area contributed by atoms with Crippen molar-refractivity contribution >= 4 is 40.3 Å². The highest BCUT2D eigenvalue weighted by molar-refractivity contribution is 6.01. The summed E-state index contributed by atoms with van der Waals surface area (Å²) in [4.78, 5) is 30.7. The molecule has 0 bridgehead atoms. The van der Waals surface area contributed by atoms with Crippen LogP contribution in [0.3, 0.4) is 0 Å². The summed E-state index contributed by atoms with van der Waals surface area (Å²) in [6, 6.07) is 11.2. The van der Waals surface area contributed by atoms with Crippen LogP contribution in [0.25, 0.3) is 11.0 Å². The molecular formula is C26H34N10O2. The molecule has 4 rings (SSSR count).